The highest BCUT2D eigenvalue weighted by molar-refractivity contribution is 14.0. The molecule has 1 amide bonds. The van der Waals surface area contributed by atoms with Crippen molar-refractivity contribution in [2.75, 3.05) is 20.1 Å². The lowest BCUT2D eigenvalue weighted by Gasteiger charge is -2.21. The van der Waals surface area contributed by atoms with Crippen molar-refractivity contribution in [1.29, 1.82) is 0 Å². The Labute approximate surface area is 190 Å². The lowest BCUT2D eigenvalue weighted by atomic mass is 10.3. The van der Waals surface area contributed by atoms with E-state index in [0.29, 0.717) is 25.6 Å². The molecule has 29 heavy (non-hydrogen) atoms. The zero-order chi connectivity index (χ0) is 19.8. The number of aromatic nitrogens is 2. The van der Waals surface area contributed by atoms with Gasteiger partial charge in [-0.15, -0.1) is 24.0 Å². The van der Waals surface area contributed by atoms with Gasteiger partial charge in [-0.2, -0.15) is 5.10 Å². The van der Waals surface area contributed by atoms with Crippen LogP contribution in [0, 0.1) is 0 Å². The smallest absolute Gasteiger partial charge is 0.220 e. The van der Waals surface area contributed by atoms with E-state index in [0.717, 1.165) is 43.0 Å². The van der Waals surface area contributed by atoms with Gasteiger partial charge in [-0.1, -0.05) is 18.2 Å². The quantitative estimate of drug-likeness (QED) is 0.236. The van der Waals surface area contributed by atoms with E-state index in [4.69, 9.17) is 0 Å². The molecule has 3 rings (SSSR count). The summed E-state index contributed by atoms with van der Waals surface area (Å²) in [6.45, 7) is 4.20. The molecule has 2 N–H and O–H groups in total. The van der Waals surface area contributed by atoms with Gasteiger partial charge in [-0.25, -0.2) is 4.68 Å². The van der Waals surface area contributed by atoms with Crippen LogP contribution in [0.5, 0.6) is 0 Å². The molecule has 0 bridgehead atoms. The number of guanidine groups is 1. The number of hydrogen-bond donors (Lipinski definition) is 2. The van der Waals surface area contributed by atoms with Gasteiger partial charge in [0.15, 0.2) is 5.96 Å². The number of aliphatic imine (C=N–C) groups is 1. The molecule has 7 nitrogen and oxygen atoms in total. The Morgan fingerprint density at radius 2 is 2.07 bits per heavy atom. The zero-order valence-electron chi connectivity index (χ0n) is 17.2. The van der Waals surface area contributed by atoms with Crippen LogP contribution in [0.1, 0.15) is 38.2 Å². The molecular weight excluding hydrogens is 479 g/mol. The summed E-state index contributed by atoms with van der Waals surface area (Å²) in [4.78, 5) is 18.5. The van der Waals surface area contributed by atoms with Crippen LogP contribution >= 0.6 is 24.0 Å². The molecule has 1 aromatic carbocycles. The number of para-hydroxylation sites is 1. The van der Waals surface area contributed by atoms with Gasteiger partial charge in [-0.05, 0) is 38.3 Å². The summed E-state index contributed by atoms with van der Waals surface area (Å²) in [7, 11) is 2.02. The van der Waals surface area contributed by atoms with Crippen molar-refractivity contribution in [3.05, 3.63) is 48.3 Å². The Morgan fingerprint density at radius 3 is 2.76 bits per heavy atom. The number of nitrogens with zero attached hydrogens (tertiary/aromatic N) is 4. The van der Waals surface area contributed by atoms with Gasteiger partial charge >= 0.3 is 0 Å². The van der Waals surface area contributed by atoms with Crippen LogP contribution in [0.15, 0.2) is 47.7 Å². The fraction of sp³-hybridized carbons (Fsp3) is 0.476. The number of nitrogens with one attached hydrogen (secondary N) is 2. The van der Waals surface area contributed by atoms with Gasteiger partial charge in [0.1, 0.15) is 0 Å². The highest BCUT2D eigenvalue weighted by Crippen LogP contribution is 2.18. The molecule has 0 saturated heterocycles. The molecule has 1 aliphatic carbocycles. The monoisotopic (exact) mass is 510 g/mol. The minimum atomic E-state index is 0. The van der Waals surface area contributed by atoms with Crippen LogP contribution in [0.4, 0.5) is 0 Å². The molecule has 0 atom stereocenters. The van der Waals surface area contributed by atoms with Gasteiger partial charge in [-0.3, -0.25) is 9.79 Å². The Kier molecular flexibility index (Phi) is 9.43. The fourth-order valence-electron chi connectivity index (χ4n) is 2.93. The van der Waals surface area contributed by atoms with Crippen LogP contribution < -0.4 is 10.6 Å². The first kappa shape index (κ1) is 23.2. The zero-order valence-corrected chi connectivity index (χ0v) is 19.5. The maximum absolute atomic E-state index is 11.8. The van der Waals surface area contributed by atoms with Gasteiger partial charge < -0.3 is 15.5 Å². The number of benzene rings is 1. The Hall–Kier alpha value is -2.10. The number of carbonyl (C=O) groups excluding carboxylic acids is 1. The van der Waals surface area contributed by atoms with Gasteiger partial charge in [0.05, 0.1) is 11.9 Å². The molecule has 1 aromatic heterocycles. The predicted molar refractivity (Wildman–Crippen MR) is 127 cm³/mol. The Bertz CT molecular complexity index is 787. The van der Waals surface area contributed by atoms with E-state index >= 15 is 0 Å². The van der Waals surface area contributed by atoms with Crippen LogP contribution in [-0.4, -0.2) is 52.7 Å². The molecule has 0 radical (unpaired) electrons. The van der Waals surface area contributed by atoms with Crippen molar-refractivity contribution in [2.24, 2.45) is 4.99 Å². The molecule has 1 saturated carbocycles. The summed E-state index contributed by atoms with van der Waals surface area (Å²) in [5, 5.41) is 10.8. The van der Waals surface area contributed by atoms with Crippen molar-refractivity contribution in [2.45, 2.75) is 45.2 Å². The molecular formula is C21H31IN6O. The molecule has 8 heteroatoms. The highest BCUT2D eigenvalue weighted by atomic mass is 127. The van der Waals surface area contributed by atoms with E-state index in [1.54, 1.807) is 0 Å². The molecule has 0 unspecified atom stereocenters. The number of carbonyl (C=O) groups is 1. The first-order chi connectivity index (χ1) is 13.7. The number of amides is 1. The van der Waals surface area contributed by atoms with Crippen LogP contribution in [0.2, 0.25) is 0 Å². The predicted octanol–water partition coefficient (Wildman–Crippen LogP) is 2.95. The second-order valence-corrected chi connectivity index (χ2v) is 7.17. The van der Waals surface area contributed by atoms with E-state index in [1.807, 2.05) is 54.5 Å². The number of hydrogen-bond acceptors (Lipinski definition) is 3. The molecule has 1 aliphatic rings. The topological polar surface area (TPSA) is 74.6 Å². The molecule has 158 valence electrons. The molecule has 2 aromatic rings. The minimum absolute atomic E-state index is 0. The molecule has 1 heterocycles. The van der Waals surface area contributed by atoms with E-state index in [2.05, 4.69) is 32.5 Å². The summed E-state index contributed by atoms with van der Waals surface area (Å²) < 4.78 is 1.88. The lowest BCUT2D eigenvalue weighted by molar-refractivity contribution is -0.121. The van der Waals surface area contributed by atoms with Crippen molar-refractivity contribution in [3.8, 4) is 5.69 Å². The van der Waals surface area contributed by atoms with E-state index < -0.39 is 0 Å². The molecule has 0 spiro atoms. The Morgan fingerprint density at radius 1 is 1.31 bits per heavy atom. The maximum atomic E-state index is 11.8. The van der Waals surface area contributed by atoms with E-state index in [1.165, 1.54) is 0 Å². The fourth-order valence-corrected chi connectivity index (χ4v) is 2.93. The van der Waals surface area contributed by atoms with Gasteiger partial charge in [0.25, 0.3) is 0 Å². The summed E-state index contributed by atoms with van der Waals surface area (Å²) in [6.07, 6.45) is 7.47. The first-order valence-electron chi connectivity index (χ1n) is 10.0. The van der Waals surface area contributed by atoms with E-state index in [9.17, 15) is 4.79 Å². The van der Waals surface area contributed by atoms with Crippen LogP contribution in [0.3, 0.4) is 0 Å². The van der Waals surface area contributed by atoms with Crippen molar-refractivity contribution >= 4 is 35.8 Å². The second kappa shape index (κ2) is 11.8. The third-order valence-electron chi connectivity index (χ3n) is 4.54. The summed E-state index contributed by atoms with van der Waals surface area (Å²) in [5.74, 6) is 0.988. The van der Waals surface area contributed by atoms with Gasteiger partial charge in [0.2, 0.25) is 5.91 Å². The molecule has 1 fully saturated rings. The normalized spacial score (nSPS) is 13.5. The summed E-state index contributed by atoms with van der Waals surface area (Å²) in [6, 6.07) is 10.5. The average Bonchev–Trinajstić information content (AvgIpc) is 3.39. The van der Waals surface area contributed by atoms with Crippen LogP contribution in [-0.2, 0) is 11.3 Å². The standard InChI is InChI=1S/C21H30N6O.HI/c1-3-22-21(23-13-7-10-20(28)25-18-11-12-18)26(2)15-17-14-24-27(16-17)19-8-5-4-6-9-19;/h4-6,8-9,14,16,18H,3,7,10-13,15H2,1-2H3,(H,22,23)(H,25,28);1H. The molecule has 0 aliphatic heterocycles. The summed E-state index contributed by atoms with van der Waals surface area (Å²) >= 11 is 0. The van der Waals surface area contributed by atoms with Crippen molar-refractivity contribution < 1.29 is 4.79 Å². The van der Waals surface area contributed by atoms with E-state index in [-0.39, 0.29) is 29.9 Å². The average molecular weight is 510 g/mol. The number of halogens is 1. The Balaban J connectivity index is 0.00000300. The number of rotatable bonds is 9. The second-order valence-electron chi connectivity index (χ2n) is 7.17. The lowest BCUT2D eigenvalue weighted by Crippen LogP contribution is -2.38. The SMILES string of the molecule is CCNC(=NCCCC(=O)NC1CC1)N(C)Cc1cnn(-c2ccccc2)c1.I. The van der Waals surface area contributed by atoms with Crippen molar-refractivity contribution in [1.82, 2.24) is 25.3 Å². The summed E-state index contributed by atoms with van der Waals surface area (Å²) in [5.41, 5.74) is 2.15. The van der Waals surface area contributed by atoms with Crippen molar-refractivity contribution in [3.63, 3.8) is 0 Å². The minimum Gasteiger partial charge on any atom is -0.357 e. The highest BCUT2D eigenvalue weighted by Gasteiger charge is 2.22. The largest absolute Gasteiger partial charge is 0.357 e. The third-order valence-corrected chi connectivity index (χ3v) is 4.54. The van der Waals surface area contributed by atoms with Gasteiger partial charge in [0, 0.05) is 50.9 Å². The maximum Gasteiger partial charge on any atom is 0.220 e. The first-order valence-corrected chi connectivity index (χ1v) is 10.0. The third kappa shape index (κ3) is 7.68. The van der Waals surface area contributed by atoms with Crippen LogP contribution in [0.25, 0.3) is 5.69 Å².